The molecular formula is C16H24ClFN2O. The van der Waals surface area contributed by atoms with Crippen LogP contribution in [-0.2, 0) is 11.2 Å². The molecule has 3 nitrogen and oxygen atoms in total. The van der Waals surface area contributed by atoms with Gasteiger partial charge in [-0.3, -0.25) is 4.90 Å². The third kappa shape index (κ3) is 4.65. The van der Waals surface area contributed by atoms with Crippen LogP contribution in [0.3, 0.4) is 0 Å². The fourth-order valence-corrected chi connectivity index (χ4v) is 3.08. The van der Waals surface area contributed by atoms with Gasteiger partial charge in [0.1, 0.15) is 5.82 Å². The van der Waals surface area contributed by atoms with Crippen molar-refractivity contribution < 1.29 is 9.13 Å². The monoisotopic (exact) mass is 314 g/mol. The van der Waals surface area contributed by atoms with E-state index in [-0.39, 0.29) is 18.0 Å². The molecule has 0 saturated carbocycles. The van der Waals surface area contributed by atoms with Gasteiger partial charge in [0.05, 0.1) is 12.7 Å². The van der Waals surface area contributed by atoms with Crippen LogP contribution in [0.1, 0.15) is 18.9 Å². The summed E-state index contributed by atoms with van der Waals surface area (Å²) in [4.78, 5) is 2.44. The summed E-state index contributed by atoms with van der Waals surface area (Å²) in [5.74, 6) is -0.298. The molecule has 1 N–H and O–H groups in total. The molecule has 0 aliphatic carbocycles. The summed E-state index contributed by atoms with van der Waals surface area (Å²) >= 11 is 6.13. The Balaban J connectivity index is 2.01. The number of hydrogen-bond acceptors (Lipinski definition) is 3. The molecule has 2 rings (SSSR count). The quantitative estimate of drug-likeness (QED) is 0.874. The van der Waals surface area contributed by atoms with Crippen LogP contribution in [0.4, 0.5) is 4.39 Å². The molecule has 1 fully saturated rings. The normalized spacial score (nSPS) is 21.4. The average Bonchev–Trinajstić information content (AvgIpc) is 2.47. The lowest BCUT2D eigenvalue weighted by Gasteiger charge is -2.37. The Morgan fingerprint density at radius 1 is 1.52 bits per heavy atom. The molecule has 0 spiro atoms. The largest absolute Gasteiger partial charge is 0.374 e. The van der Waals surface area contributed by atoms with E-state index in [0.717, 1.165) is 44.6 Å². The Morgan fingerprint density at radius 3 is 3.00 bits per heavy atom. The molecule has 1 heterocycles. The second-order valence-corrected chi connectivity index (χ2v) is 5.95. The number of likely N-dealkylation sites (N-methyl/N-ethyl adjacent to an activating group) is 1. The Bertz CT molecular complexity index is 456. The van der Waals surface area contributed by atoms with Gasteiger partial charge in [-0.25, -0.2) is 4.39 Å². The molecule has 1 aliphatic rings. The van der Waals surface area contributed by atoms with Crippen molar-refractivity contribution >= 4 is 11.6 Å². The van der Waals surface area contributed by atoms with E-state index in [9.17, 15) is 4.39 Å². The molecule has 1 aliphatic heterocycles. The highest BCUT2D eigenvalue weighted by Crippen LogP contribution is 2.21. The molecule has 1 saturated heterocycles. The molecule has 1 aromatic rings. The highest BCUT2D eigenvalue weighted by molar-refractivity contribution is 6.31. The maximum atomic E-state index is 13.1. The first kappa shape index (κ1) is 16.7. The lowest BCUT2D eigenvalue weighted by molar-refractivity contribution is -0.0450. The second kappa shape index (κ2) is 8.08. The van der Waals surface area contributed by atoms with Crippen LogP contribution in [0.15, 0.2) is 18.2 Å². The summed E-state index contributed by atoms with van der Waals surface area (Å²) in [6.45, 7) is 5.99. The predicted octanol–water partition coefficient (Wildman–Crippen LogP) is 2.72. The van der Waals surface area contributed by atoms with Crippen molar-refractivity contribution in [2.24, 2.45) is 0 Å². The number of morpholine rings is 1. The van der Waals surface area contributed by atoms with Crippen LogP contribution < -0.4 is 5.32 Å². The van der Waals surface area contributed by atoms with Gasteiger partial charge < -0.3 is 10.1 Å². The van der Waals surface area contributed by atoms with Crippen LogP contribution >= 0.6 is 11.6 Å². The zero-order valence-electron chi connectivity index (χ0n) is 12.7. The van der Waals surface area contributed by atoms with Gasteiger partial charge in [0.25, 0.3) is 0 Å². The van der Waals surface area contributed by atoms with Gasteiger partial charge in [0.15, 0.2) is 0 Å². The molecule has 21 heavy (non-hydrogen) atoms. The number of ether oxygens (including phenoxy) is 1. The Hall–Kier alpha value is -0.680. The molecule has 2 unspecified atom stereocenters. The molecule has 5 heteroatoms. The summed E-state index contributed by atoms with van der Waals surface area (Å²) in [7, 11) is 1.93. The van der Waals surface area contributed by atoms with Gasteiger partial charge in [-0.1, -0.05) is 24.6 Å². The second-order valence-electron chi connectivity index (χ2n) is 5.54. The van der Waals surface area contributed by atoms with E-state index in [2.05, 4.69) is 17.1 Å². The average molecular weight is 315 g/mol. The molecule has 0 radical (unpaired) electrons. The van der Waals surface area contributed by atoms with Crippen molar-refractivity contribution in [3.05, 3.63) is 34.6 Å². The minimum Gasteiger partial charge on any atom is -0.374 e. The molecule has 1 aromatic carbocycles. The fraction of sp³-hybridized carbons (Fsp3) is 0.625. The number of halogens is 2. The van der Waals surface area contributed by atoms with Gasteiger partial charge in [-0.2, -0.15) is 0 Å². The first-order valence-electron chi connectivity index (χ1n) is 7.59. The van der Waals surface area contributed by atoms with E-state index >= 15 is 0 Å². The Morgan fingerprint density at radius 2 is 2.33 bits per heavy atom. The van der Waals surface area contributed by atoms with E-state index in [0.29, 0.717) is 5.02 Å². The van der Waals surface area contributed by atoms with Crippen molar-refractivity contribution in [1.82, 2.24) is 10.2 Å². The summed E-state index contributed by atoms with van der Waals surface area (Å²) in [6, 6.07) is 4.76. The van der Waals surface area contributed by atoms with E-state index in [1.165, 1.54) is 12.1 Å². The molecule has 0 aromatic heterocycles. The summed E-state index contributed by atoms with van der Waals surface area (Å²) < 4.78 is 19.0. The summed E-state index contributed by atoms with van der Waals surface area (Å²) in [5.41, 5.74) is 0.952. The van der Waals surface area contributed by atoms with Gasteiger partial charge in [-0.05, 0) is 44.1 Å². The summed E-state index contributed by atoms with van der Waals surface area (Å²) in [5, 5.41) is 3.80. The van der Waals surface area contributed by atoms with Crippen LogP contribution in [0.5, 0.6) is 0 Å². The van der Waals surface area contributed by atoms with Crippen LogP contribution in [0.2, 0.25) is 5.02 Å². The molecule has 0 bridgehead atoms. The lowest BCUT2D eigenvalue weighted by Crippen LogP contribution is -2.52. The van der Waals surface area contributed by atoms with Gasteiger partial charge in [0, 0.05) is 24.2 Å². The fourth-order valence-electron chi connectivity index (χ4n) is 2.84. The third-order valence-electron chi connectivity index (χ3n) is 3.99. The standard InChI is InChI=1S/C16H24ClFN2O/c1-3-6-20-7-8-21-16(11-20)15(19-2)9-12-4-5-13(18)10-14(12)17/h4-5,10,15-16,19H,3,6-9,11H2,1-2H3. The van der Waals surface area contributed by atoms with Crippen LogP contribution in [0, 0.1) is 5.82 Å². The minimum absolute atomic E-state index is 0.136. The maximum absolute atomic E-state index is 13.1. The Labute approximate surface area is 131 Å². The molecular weight excluding hydrogens is 291 g/mol. The first-order valence-corrected chi connectivity index (χ1v) is 7.97. The maximum Gasteiger partial charge on any atom is 0.124 e. The molecule has 2 atom stereocenters. The van der Waals surface area contributed by atoms with Crippen molar-refractivity contribution in [3.8, 4) is 0 Å². The lowest BCUT2D eigenvalue weighted by atomic mass is 10.00. The van der Waals surface area contributed by atoms with E-state index < -0.39 is 0 Å². The first-order chi connectivity index (χ1) is 10.1. The third-order valence-corrected chi connectivity index (χ3v) is 4.34. The van der Waals surface area contributed by atoms with E-state index in [4.69, 9.17) is 16.3 Å². The van der Waals surface area contributed by atoms with Gasteiger partial charge in [0.2, 0.25) is 0 Å². The number of benzene rings is 1. The molecule has 118 valence electrons. The number of hydrogen-bond donors (Lipinski definition) is 1. The van der Waals surface area contributed by atoms with E-state index in [1.807, 2.05) is 7.05 Å². The summed E-state index contributed by atoms with van der Waals surface area (Å²) in [6.07, 6.45) is 2.03. The highest BCUT2D eigenvalue weighted by Gasteiger charge is 2.27. The van der Waals surface area contributed by atoms with Crippen molar-refractivity contribution in [2.75, 3.05) is 33.3 Å². The Kier molecular flexibility index (Phi) is 6.42. The van der Waals surface area contributed by atoms with Crippen LogP contribution in [0.25, 0.3) is 0 Å². The minimum atomic E-state index is -0.298. The SMILES string of the molecule is CCCN1CCOC(C(Cc2ccc(F)cc2Cl)NC)C1. The number of nitrogens with zero attached hydrogens (tertiary/aromatic N) is 1. The van der Waals surface area contributed by atoms with E-state index in [1.54, 1.807) is 6.07 Å². The topological polar surface area (TPSA) is 24.5 Å². The highest BCUT2D eigenvalue weighted by atomic mass is 35.5. The van der Waals surface area contributed by atoms with Gasteiger partial charge >= 0.3 is 0 Å². The zero-order valence-corrected chi connectivity index (χ0v) is 13.5. The zero-order chi connectivity index (χ0) is 15.2. The van der Waals surface area contributed by atoms with Crippen molar-refractivity contribution in [2.45, 2.75) is 31.9 Å². The molecule has 0 amide bonds. The predicted molar refractivity (Wildman–Crippen MR) is 84.4 cm³/mol. The smallest absolute Gasteiger partial charge is 0.124 e. The number of rotatable bonds is 6. The van der Waals surface area contributed by atoms with Crippen molar-refractivity contribution in [1.29, 1.82) is 0 Å². The number of nitrogens with one attached hydrogen (secondary N) is 1. The van der Waals surface area contributed by atoms with Gasteiger partial charge in [-0.15, -0.1) is 0 Å². The van der Waals surface area contributed by atoms with Crippen molar-refractivity contribution in [3.63, 3.8) is 0 Å². The van der Waals surface area contributed by atoms with Crippen LogP contribution in [-0.4, -0.2) is 50.3 Å².